The first-order valence-corrected chi connectivity index (χ1v) is 11.6. The van der Waals surface area contributed by atoms with Gasteiger partial charge in [0.15, 0.2) is 0 Å². The van der Waals surface area contributed by atoms with Crippen molar-refractivity contribution < 1.29 is 9.47 Å². The first-order chi connectivity index (χ1) is 16.9. The van der Waals surface area contributed by atoms with Crippen LogP contribution >= 0.6 is 0 Å². The number of nitrogens with two attached hydrogens (primary N) is 1. The summed E-state index contributed by atoms with van der Waals surface area (Å²) in [4.78, 5) is 15.1. The number of rotatable bonds is 8. The molecule has 182 valence electrons. The molecule has 0 bridgehead atoms. The quantitative estimate of drug-likeness (QED) is 0.237. The van der Waals surface area contributed by atoms with E-state index in [2.05, 4.69) is 40.7 Å². The van der Waals surface area contributed by atoms with Gasteiger partial charge in [0.1, 0.15) is 28.6 Å². The topological polar surface area (TPSA) is 98.4 Å². The number of hydrogen-bond donors (Lipinski definition) is 2. The van der Waals surface area contributed by atoms with Gasteiger partial charge in [-0.3, -0.25) is 4.98 Å². The SMILES string of the molecule is CCCC(C)(C)Oc1ccc(-c2ccc(N=C(N)c3ccccn3)cc2OC)cc1.c1c[nH]cn1. The largest absolute Gasteiger partial charge is 0.496 e. The molecule has 0 aliphatic heterocycles. The van der Waals surface area contributed by atoms with E-state index in [4.69, 9.17) is 15.2 Å². The monoisotopic (exact) mass is 471 g/mol. The molecule has 2 aromatic heterocycles. The summed E-state index contributed by atoms with van der Waals surface area (Å²) < 4.78 is 11.7. The maximum absolute atomic E-state index is 6.13. The summed E-state index contributed by atoms with van der Waals surface area (Å²) in [6.45, 7) is 6.39. The number of hydrogen-bond acceptors (Lipinski definition) is 5. The summed E-state index contributed by atoms with van der Waals surface area (Å²) >= 11 is 0. The number of aliphatic imine (C=N–C) groups is 1. The molecule has 3 N–H and O–H groups in total. The van der Waals surface area contributed by atoms with Crippen LogP contribution in [0.1, 0.15) is 39.3 Å². The average molecular weight is 472 g/mol. The number of nitrogens with zero attached hydrogens (tertiary/aromatic N) is 3. The Kier molecular flexibility index (Phi) is 9.01. The Balaban J connectivity index is 0.000000607. The Hall–Kier alpha value is -4.13. The number of benzene rings is 2. The van der Waals surface area contributed by atoms with Crippen LogP contribution in [0.5, 0.6) is 11.5 Å². The van der Waals surface area contributed by atoms with E-state index < -0.39 is 0 Å². The summed E-state index contributed by atoms with van der Waals surface area (Å²) in [5.41, 5.74) is 9.28. The number of pyridine rings is 1. The van der Waals surface area contributed by atoms with Gasteiger partial charge < -0.3 is 20.2 Å². The summed E-state index contributed by atoms with van der Waals surface area (Å²) in [6.07, 6.45) is 8.87. The maximum atomic E-state index is 6.13. The van der Waals surface area contributed by atoms with Gasteiger partial charge in [-0.15, -0.1) is 0 Å². The van der Waals surface area contributed by atoms with E-state index in [0.717, 1.165) is 35.5 Å². The van der Waals surface area contributed by atoms with Crippen molar-refractivity contribution in [1.29, 1.82) is 0 Å². The molecule has 35 heavy (non-hydrogen) atoms. The fourth-order valence-electron chi connectivity index (χ4n) is 3.59. The third-order valence-electron chi connectivity index (χ3n) is 5.18. The summed E-state index contributed by atoms with van der Waals surface area (Å²) in [6, 6.07) is 19.4. The molecule has 0 unspecified atom stereocenters. The van der Waals surface area contributed by atoms with Crippen LogP contribution in [0.2, 0.25) is 0 Å². The molecule has 0 atom stereocenters. The summed E-state index contributed by atoms with van der Waals surface area (Å²) in [5, 5.41) is 0. The van der Waals surface area contributed by atoms with E-state index in [1.807, 2.05) is 60.7 Å². The van der Waals surface area contributed by atoms with Crippen LogP contribution in [-0.2, 0) is 0 Å². The minimum Gasteiger partial charge on any atom is -0.496 e. The molecule has 0 aliphatic carbocycles. The van der Waals surface area contributed by atoms with Crippen LogP contribution in [0, 0.1) is 0 Å². The molecule has 0 amide bonds. The second kappa shape index (κ2) is 12.4. The molecule has 0 spiro atoms. The second-order valence-electron chi connectivity index (χ2n) is 8.49. The van der Waals surface area contributed by atoms with Crippen molar-refractivity contribution in [2.24, 2.45) is 10.7 Å². The fourth-order valence-corrected chi connectivity index (χ4v) is 3.59. The van der Waals surface area contributed by atoms with E-state index in [9.17, 15) is 0 Å². The Labute approximate surface area is 207 Å². The second-order valence-corrected chi connectivity index (χ2v) is 8.49. The summed E-state index contributed by atoms with van der Waals surface area (Å²) in [7, 11) is 1.65. The zero-order valence-electron chi connectivity index (χ0n) is 20.7. The molecule has 7 nitrogen and oxygen atoms in total. The zero-order chi connectivity index (χ0) is 25.1. The van der Waals surface area contributed by atoms with Gasteiger partial charge in [0.25, 0.3) is 0 Å². The van der Waals surface area contributed by atoms with Crippen LogP contribution in [0.3, 0.4) is 0 Å². The molecule has 4 rings (SSSR count). The Morgan fingerprint density at radius 2 is 1.86 bits per heavy atom. The van der Waals surface area contributed by atoms with Gasteiger partial charge in [-0.25, -0.2) is 9.98 Å². The number of ether oxygens (including phenoxy) is 2. The highest BCUT2D eigenvalue weighted by Crippen LogP contribution is 2.35. The first kappa shape index (κ1) is 25.5. The highest BCUT2D eigenvalue weighted by molar-refractivity contribution is 5.97. The van der Waals surface area contributed by atoms with E-state index in [1.54, 1.807) is 32.0 Å². The van der Waals surface area contributed by atoms with E-state index in [-0.39, 0.29) is 5.60 Å². The lowest BCUT2D eigenvalue weighted by Crippen LogP contribution is -2.27. The lowest BCUT2D eigenvalue weighted by atomic mass is 10.0. The molecule has 0 saturated carbocycles. The van der Waals surface area contributed by atoms with E-state index in [1.165, 1.54) is 0 Å². The van der Waals surface area contributed by atoms with Crippen molar-refractivity contribution in [3.05, 3.63) is 91.3 Å². The minimum atomic E-state index is -0.179. The van der Waals surface area contributed by atoms with Crippen molar-refractivity contribution in [1.82, 2.24) is 15.0 Å². The standard InChI is InChI=1S/C25H29N3O2.C3H4N2/c1-5-15-25(2,3)30-20-12-9-18(10-13-20)21-14-11-19(17-23(21)29-4)28-24(26)22-8-6-7-16-27-22;1-2-5-3-4-1/h6-14,16-17H,5,15H2,1-4H3,(H2,26,28);1-3H,(H,4,5). The molecule has 0 radical (unpaired) electrons. The van der Waals surface area contributed by atoms with Crippen LogP contribution < -0.4 is 15.2 Å². The van der Waals surface area contributed by atoms with Gasteiger partial charge >= 0.3 is 0 Å². The summed E-state index contributed by atoms with van der Waals surface area (Å²) in [5.74, 6) is 1.95. The number of aromatic amines is 1. The molecular weight excluding hydrogens is 438 g/mol. The van der Waals surface area contributed by atoms with E-state index >= 15 is 0 Å². The molecule has 4 aromatic rings. The van der Waals surface area contributed by atoms with Crippen molar-refractivity contribution in [3.63, 3.8) is 0 Å². The van der Waals surface area contributed by atoms with Crippen molar-refractivity contribution in [2.45, 2.75) is 39.2 Å². The molecule has 0 saturated heterocycles. The van der Waals surface area contributed by atoms with Crippen LogP contribution in [-0.4, -0.2) is 33.5 Å². The lowest BCUT2D eigenvalue weighted by Gasteiger charge is -2.26. The highest BCUT2D eigenvalue weighted by atomic mass is 16.5. The third kappa shape index (κ3) is 7.71. The molecule has 2 heterocycles. The molecule has 7 heteroatoms. The van der Waals surface area contributed by atoms with Gasteiger partial charge in [0, 0.05) is 30.2 Å². The zero-order valence-corrected chi connectivity index (χ0v) is 20.7. The van der Waals surface area contributed by atoms with Crippen LogP contribution in [0.4, 0.5) is 5.69 Å². The smallest absolute Gasteiger partial charge is 0.150 e. The highest BCUT2D eigenvalue weighted by Gasteiger charge is 2.18. The fraction of sp³-hybridized carbons (Fsp3) is 0.250. The minimum absolute atomic E-state index is 0.179. The van der Waals surface area contributed by atoms with E-state index in [0.29, 0.717) is 17.2 Å². The first-order valence-electron chi connectivity index (χ1n) is 11.6. The normalized spacial score (nSPS) is 11.4. The number of H-pyrrole nitrogens is 1. The van der Waals surface area contributed by atoms with Crippen molar-refractivity contribution in [3.8, 4) is 22.6 Å². The average Bonchev–Trinajstić information content (AvgIpc) is 3.45. The molecule has 0 aliphatic rings. The molecule has 2 aromatic carbocycles. The van der Waals surface area contributed by atoms with Gasteiger partial charge in [0.05, 0.1) is 19.1 Å². The predicted octanol–water partition coefficient (Wildman–Crippen LogP) is 6.16. The third-order valence-corrected chi connectivity index (χ3v) is 5.18. The number of aromatic nitrogens is 3. The molecular formula is C28H33N5O2. The van der Waals surface area contributed by atoms with Crippen LogP contribution in [0.25, 0.3) is 11.1 Å². The Bertz CT molecular complexity index is 1170. The van der Waals surface area contributed by atoms with Crippen molar-refractivity contribution in [2.75, 3.05) is 7.11 Å². The van der Waals surface area contributed by atoms with Crippen molar-refractivity contribution >= 4 is 11.5 Å². The predicted molar refractivity (Wildman–Crippen MR) is 141 cm³/mol. The number of imidazole rings is 1. The lowest BCUT2D eigenvalue weighted by molar-refractivity contribution is 0.0986. The Morgan fingerprint density at radius 3 is 2.43 bits per heavy atom. The number of methoxy groups -OCH3 is 1. The molecule has 0 fully saturated rings. The number of amidine groups is 1. The van der Waals surface area contributed by atoms with Gasteiger partial charge in [0.2, 0.25) is 0 Å². The Morgan fingerprint density at radius 1 is 1.06 bits per heavy atom. The van der Waals surface area contributed by atoms with Crippen LogP contribution in [0.15, 0.2) is 90.6 Å². The number of nitrogens with one attached hydrogen (secondary N) is 1. The van der Waals surface area contributed by atoms with Gasteiger partial charge in [-0.1, -0.05) is 31.5 Å². The van der Waals surface area contributed by atoms with Gasteiger partial charge in [-0.2, -0.15) is 0 Å². The maximum Gasteiger partial charge on any atom is 0.150 e. The van der Waals surface area contributed by atoms with Gasteiger partial charge in [-0.05, 0) is 62.2 Å².